The number of carbonyl (C=O) groups is 1. The monoisotopic (exact) mass is 313 g/mol. The zero-order valence-corrected chi connectivity index (χ0v) is 14.5. The lowest BCUT2D eigenvalue weighted by Crippen LogP contribution is -2.46. The maximum atomic E-state index is 11.9. The van der Waals surface area contributed by atoms with E-state index in [9.17, 15) is 9.90 Å². The summed E-state index contributed by atoms with van der Waals surface area (Å²) in [6.45, 7) is 12.1. The number of hydrogen-bond donors (Lipinski definition) is 3. The van der Waals surface area contributed by atoms with Gasteiger partial charge in [-0.1, -0.05) is 27.7 Å². The van der Waals surface area contributed by atoms with E-state index in [1.807, 2.05) is 46.9 Å². The quantitative estimate of drug-likeness (QED) is 0.756. The lowest BCUT2D eigenvalue weighted by atomic mass is 9.81. The van der Waals surface area contributed by atoms with Crippen LogP contribution < -0.4 is 10.6 Å². The van der Waals surface area contributed by atoms with Crippen LogP contribution in [0.2, 0.25) is 0 Å². The minimum Gasteiger partial charge on any atom is -0.392 e. The molecule has 0 saturated heterocycles. The van der Waals surface area contributed by atoms with Crippen LogP contribution in [0.1, 0.15) is 51.4 Å². The second-order valence-electron chi connectivity index (χ2n) is 6.55. The van der Waals surface area contributed by atoms with Crippen molar-refractivity contribution in [2.75, 3.05) is 6.54 Å². The Morgan fingerprint density at radius 2 is 2.05 bits per heavy atom. The van der Waals surface area contributed by atoms with Crippen LogP contribution in [0.5, 0.6) is 0 Å². The summed E-state index contributed by atoms with van der Waals surface area (Å²) in [4.78, 5) is 16.3. The molecular formula is C15H27N3O2S. The van der Waals surface area contributed by atoms with Crippen LogP contribution >= 0.6 is 11.3 Å². The number of rotatable bonds is 6. The lowest BCUT2D eigenvalue weighted by Gasteiger charge is -2.33. The average molecular weight is 313 g/mol. The van der Waals surface area contributed by atoms with Gasteiger partial charge in [0.25, 0.3) is 0 Å². The van der Waals surface area contributed by atoms with Gasteiger partial charge in [0.2, 0.25) is 0 Å². The molecule has 2 atom stereocenters. The minimum absolute atomic E-state index is 0.123. The van der Waals surface area contributed by atoms with E-state index in [-0.39, 0.29) is 23.4 Å². The maximum Gasteiger partial charge on any atom is 0.315 e. The minimum atomic E-state index is -0.461. The van der Waals surface area contributed by atoms with Gasteiger partial charge < -0.3 is 15.7 Å². The third-order valence-electron chi connectivity index (χ3n) is 3.49. The SMILES string of the molecule is Cc1csc(C(C)NC(=O)NCC(C)(C)C(O)C(C)C)n1. The average Bonchev–Trinajstić information content (AvgIpc) is 2.82. The summed E-state index contributed by atoms with van der Waals surface area (Å²) in [5, 5.41) is 18.7. The van der Waals surface area contributed by atoms with Crippen molar-refractivity contribution in [3.8, 4) is 0 Å². The summed E-state index contributed by atoms with van der Waals surface area (Å²) in [7, 11) is 0. The van der Waals surface area contributed by atoms with Crippen LogP contribution in [-0.2, 0) is 0 Å². The van der Waals surface area contributed by atoms with Gasteiger partial charge in [-0.2, -0.15) is 0 Å². The summed E-state index contributed by atoms with van der Waals surface area (Å²) >= 11 is 1.54. The molecule has 2 amide bonds. The molecule has 6 heteroatoms. The van der Waals surface area contributed by atoms with Crippen molar-refractivity contribution in [3.05, 3.63) is 16.1 Å². The van der Waals surface area contributed by atoms with Gasteiger partial charge in [0.05, 0.1) is 12.1 Å². The van der Waals surface area contributed by atoms with Gasteiger partial charge in [0.1, 0.15) is 5.01 Å². The third-order valence-corrected chi connectivity index (χ3v) is 4.64. The van der Waals surface area contributed by atoms with E-state index in [1.54, 1.807) is 0 Å². The third kappa shape index (κ3) is 5.28. The van der Waals surface area contributed by atoms with Crippen molar-refractivity contribution in [3.63, 3.8) is 0 Å². The van der Waals surface area contributed by atoms with Crippen molar-refractivity contribution in [2.24, 2.45) is 11.3 Å². The van der Waals surface area contributed by atoms with E-state index in [4.69, 9.17) is 0 Å². The Morgan fingerprint density at radius 3 is 2.52 bits per heavy atom. The molecule has 1 rings (SSSR count). The molecule has 0 bridgehead atoms. The molecule has 0 fully saturated rings. The first-order valence-corrected chi connectivity index (χ1v) is 8.16. The summed E-state index contributed by atoms with van der Waals surface area (Å²) in [5.41, 5.74) is 0.595. The van der Waals surface area contributed by atoms with Crippen molar-refractivity contribution in [1.82, 2.24) is 15.6 Å². The van der Waals surface area contributed by atoms with Gasteiger partial charge in [0.15, 0.2) is 0 Å². The first-order valence-electron chi connectivity index (χ1n) is 7.28. The van der Waals surface area contributed by atoms with Crippen LogP contribution in [0.25, 0.3) is 0 Å². The first kappa shape index (κ1) is 17.9. The number of aliphatic hydroxyl groups excluding tert-OH is 1. The highest BCUT2D eigenvalue weighted by molar-refractivity contribution is 7.09. The zero-order chi connectivity index (χ0) is 16.2. The Labute approximate surface area is 131 Å². The fourth-order valence-electron chi connectivity index (χ4n) is 2.20. The molecule has 1 aromatic rings. The summed E-state index contributed by atoms with van der Waals surface area (Å²) in [6, 6.07) is -0.360. The number of hydrogen-bond acceptors (Lipinski definition) is 4. The topological polar surface area (TPSA) is 74.2 Å². The van der Waals surface area contributed by atoms with Crippen LogP contribution in [-0.4, -0.2) is 28.8 Å². The van der Waals surface area contributed by atoms with Crippen LogP contribution in [0.4, 0.5) is 4.79 Å². The van der Waals surface area contributed by atoms with E-state index >= 15 is 0 Å². The van der Waals surface area contributed by atoms with E-state index in [2.05, 4.69) is 15.6 Å². The molecular weight excluding hydrogens is 286 g/mol. The number of aliphatic hydroxyl groups is 1. The summed E-state index contributed by atoms with van der Waals surface area (Å²) in [6.07, 6.45) is -0.461. The Bertz CT molecular complexity index is 471. The second-order valence-corrected chi connectivity index (χ2v) is 7.44. The molecule has 2 unspecified atom stereocenters. The Kier molecular flexibility index (Phi) is 6.16. The van der Waals surface area contributed by atoms with Crippen molar-refractivity contribution < 1.29 is 9.90 Å². The smallest absolute Gasteiger partial charge is 0.315 e. The predicted molar refractivity (Wildman–Crippen MR) is 86.4 cm³/mol. The van der Waals surface area contributed by atoms with E-state index in [0.717, 1.165) is 10.7 Å². The lowest BCUT2D eigenvalue weighted by molar-refractivity contribution is 0.0151. The van der Waals surface area contributed by atoms with Crippen LogP contribution in [0.15, 0.2) is 5.38 Å². The van der Waals surface area contributed by atoms with Crippen LogP contribution in [0, 0.1) is 18.3 Å². The first-order chi connectivity index (χ1) is 9.63. The highest BCUT2D eigenvalue weighted by atomic mass is 32.1. The zero-order valence-electron chi connectivity index (χ0n) is 13.7. The Balaban J connectivity index is 2.47. The fourth-order valence-corrected chi connectivity index (χ4v) is 3.00. The molecule has 0 aromatic carbocycles. The second kappa shape index (κ2) is 7.22. The molecule has 1 heterocycles. The molecule has 0 aliphatic carbocycles. The molecule has 0 spiro atoms. The normalized spacial score (nSPS) is 14.9. The number of aromatic nitrogens is 1. The molecule has 21 heavy (non-hydrogen) atoms. The maximum absolute atomic E-state index is 11.9. The molecule has 0 saturated carbocycles. The highest BCUT2D eigenvalue weighted by Crippen LogP contribution is 2.25. The highest BCUT2D eigenvalue weighted by Gasteiger charge is 2.30. The number of amides is 2. The van der Waals surface area contributed by atoms with Crippen molar-refractivity contribution in [2.45, 2.75) is 53.7 Å². The standard InChI is InChI=1S/C15H27N3O2S/c1-9(2)12(19)15(5,6)8-16-14(20)18-11(4)13-17-10(3)7-21-13/h7,9,11-12,19H,8H2,1-6H3,(H2,16,18,20). The van der Waals surface area contributed by atoms with E-state index in [0.29, 0.717) is 6.54 Å². The Hall–Kier alpha value is -1.14. The van der Waals surface area contributed by atoms with Gasteiger partial charge >= 0.3 is 6.03 Å². The number of urea groups is 1. The van der Waals surface area contributed by atoms with Gasteiger partial charge in [0, 0.05) is 23.0 Å². The molecule has 120 valence electrons. The molecule has 0 radical (unpaired) electrons. The number of carbonyl (C=O) groups excluding carboxylic acids is 1. The van der Waals surface area contributed by atoms with E-state index in [1.165, 1.54) is 11.3 Å². The van der Waals surface area contributed by atoms with Gasteiger partial charge in [-0.3, -0.25) is 0 Å². The van der Waals surface area contributed by atoms with Gasteiger partial charge in [-0.25, -0.2) is 9.78 Å². The Morgan fingerprint density at radius 1 is 1.43 bits per heavy atom. The molecule has 0 aliphatic rings. The van der Waals surface area contributed by atoms with Gasteiger partial charge in [-0.15, -0.1) is 11.3 Å². The molecule has 3 N–H and O–H groups in total. The van der Waals surface area contributed by atoms with Gasteiger partial charge in [-0.05, 0) is 19.8 Å². The number of thiazole rings is 1. The molecule has 5 nitrogen and oxygen atoms in total. The summed E-state index contributed by atoms with van der Waals surface area (Å²) < 4.78 is 0. The molecule has 1 aromatic heterocycles. The summed E-state index contributed by atoms with van der Waals surface area (Å²) in [5.74, 6) is 0.155. The number of aryl methyl sites for hydroxylation is 1. The van der Waals surface area contributed by atoms with E-state index < -0.39 is 6.10 Å². The largest absolute Gasteiger partial charge is 0.392 e. The predicted octanol–water partition coefficient (Wildman–Crippen LogP) is 2.85. The molecule has 0 aliphatic heterocycles. The fraction of sp³-hybridized carbons (Fsp3) is 0.733. The number of nitrogens with one attached hydrogen (secondary N) is 2. The number of nitrogens with zero attached hydrogens (tertiary/aromatic N) is 1. The van der Waals surface area contributed by atoms with Crippen molar-refractivity contribution in [1.29, 1.82) is 0 Å². The van der Waals surface area contributed by atoms with Crippen LogP contribution in [0.3, 0.4) is 0 Å². The van der Waals surface area contributed by atoms with Crippen molar-refractivity contribution >= 4 is 17.4 Å².